The average molecular weight is 315 g/mol. The van der Waals surface area contributed by atoms with Crippen molar-refractivity contribution in [3.8, 4) is 0 Å². The number of carbonyl (C=O) groups is 1. The fourth-order valence-electron chi connectivity index (χ4n) is 1.98. The second-order valence-corrected chi connectivity index (χ2v) is 5.00. The van der Waals surface area contributed by atoms with Gasteiger partial charge in [0.1, 0.15) is 17.3 Å². The Morgan fingerprint density at radius 3 is 2.96 bits per heavy atom. The van der Waals surface area contributed by atoms with Gasteiger partial charge in [0.25, 0.3) is 5.91 Å². The van der Waals surface area contributed by atoms with E-state index in [1.165, 1.54) is 0 Å². The Morgan fingerprint density at radius 1 is 1.35 bits per heavy atom. The van der Waals surface area contributed by atoms with Gasteiger partial charge in [-0.05, 0) is 25.0 Å². The zero-order valence-corrected chi connectivity index (χ0v) is 13.4. The van der Waals surface area contributed by atoms with E-state index >= 15 is 0 Å². The highest BCUT2D eigenvalue weighted by atomic mass is 16.5. The number of pyridine rings is 1. The number of methoxy groups -OCH3 is 1. The van der Waals surface area contributed by atoms with Gasteiger partial charge >= 0.3 is 0 Å². The second kappa shape index (κ2) is 8.79. The fourth-order valence-corrected chi connectivity index (χ4v) is 1.98. The lowest BCUT2D eigenvalue weighted by Crippen LogP contribution is -2.24. The summed E-state index contributed by atoms with van der Waals surface area (Å²) in [5.74, 6) is 0.952. The molecule has 0 saturated heterocycles. The highest BCUT2D eigenvalue weighted by Crippen LogP contribution is 2.07. The quantitative estimate of drug-likeness (QED) is 0.719. The SMILES string of the molecule is COCCCNc1cc(C(=O)NCc2cccnc2)nc(C)n1. The van der Waals surface area contributed by atoms with E-state index in [0.29, 0.717) is 30.5 Å². The molecule has 1 amide bonds. The van der Waals surface area contributed by atoms with Gasteiger partial charge in [-0.25, -0.2) is 9.97 Å². The number of carbonyl (C=O) groups excluding carboxylic acids is 1. The van der Waals surface area contributed by atoms with Crippen LogP contribution >= 0.6 is 0 Å². The van der Waals surface area contributed by atoms with E-state index in [1.807, 2.05) is 12.1 Å². The van der Waals surface area contributed by atoms with Crippen LogP contribution in [0.3, 0.4) is 0 Å². The van der Waals surface area contributed by atoms with E-state index in [-0.39, 0.29) is 5.91 Å². The lowest BCUT2D eigenvalue weighted by atomic mass is 10.2. The summed E-state index contributed by atoms with van der Waals surface area (Å²) >= 11 is 0. The third-order valence-electron chi connectivity index (χ3n) is 3.08. The van der Waals surface area contributed by atoms with Crippen LogP contribution in [0.5, 0.6) is 0 Å². The van der Waals surface area contributed by atoms with Gasteiger partial charge in [0.2, 0.25) is 0 Å². The summed E-state index contributed by atoms with van der Waals surface area (Å²) in [4.78, 5) is 24.7. The Bertz CT molecular complexity index is 634. The molecule has 0 unspecified atom stereocenters. The number of hydrogen-bond donors (Lipinski definition) is 2. The number of rotatable bonds is 8. The van der Waals surface area contributed by atoms with Crippen molar-refractivity contribution in [1.29, 1.82) is 0 Å². The summed E-state index contributed by atoms with van der Waals surface area (Å²) in [7, 11) is 1.67. The van der Waals surface area contributed by atoms with Gasteiger partial charge in [0.15, 0.2) is 0 Å². The van der Waals surface area contributed by atoms with Crippen LogP contribution in [0, 0.1) is 6.92 Å². The zero-order chi connectivity index (χ0) is 16.5. The van der Waals surface area contributed by atoms with E-state index < -0.39 is 0 Å². The van der Waals surface area contributed by atoms with E-state index in [1.54, 1.807) is 32.5 Å². The summed E-state index contributed by atoms with van der Waals surface area (Å²) < 4.78 is 5.00. The topological polar surface area (TPSA) is 89.0 Å². The van der Waals surface area contributed by atoms with Crippen LogP contribution in [0.4, 0.5) is 5.82 Å². The first-order valence-corrected chi connectivity index (χ1v) is 7.44. The first-order valence-electron chi connectivity index (χ1n) is 7.44. The van der Waals surface area contributed by atoms with Gasteiger partial charge in [0.05, 0.1) is 0 Å². The zero-order valence-electron chi connectivity index (χ0n) is 13.4. The fraction of sp³-hybridized carbons (Fsp3) is 0.375. The van der Waals surface area contributed by atoms with Crippen molar-refractivity contribution in [3.63, 3.8) is 0 Å². The molecule has 122 valence electrons. The molecule has 0 aromatic carbocycles. The number of amides is 1. The molecule has 23 heavy (non-hydrogen) atoms. The monoisotopic (exact) mass is 315 g/mol. The van der Waals surface area contributed by atoms with Crippen LogP contribution in [-0.4, -0.2) is 41.1 Å². The van der Waals surface area contributed by atoms with Crippen molar-refractivity contribution < 1.29 is 9.53 Å². The molecule has 0 fully saturated rings. The molecule has 2 heterocycles. The highest BCUT2D eigenvalue weighted by molar-refractivity contribution is 5.92. The minimum atomic E-state index is -0.237. The van der Waals surface area contributed by atoms with Crippen LogP contribution in [0.15, 0.2) is 30.6 Å². The molecule has 0 aliphatic rings. The molecular formula is C16H21N5O2. The maximum Gasteiger partial charge on any atom is 0.270 e. The molecule has 2 N–H and O–H groups in total. The molecular weight excluding hydrogens is 294 g/mol. The summed E-state index contributed by atoms with van der Waals surface area (Å²) in [6.45, 7) is 3.57. The first-order chi connectivity index (χ1) is 11.2. The van der Waals surface area contributed by atoms with Crippen molar-refractivity contribution in [2.75, 3.05) is 25.6 Å². The molecule has 0 saturated carbocycles. The summed E-state index contributed by atoms with van der Waals surface area (Å²) in [6.07, 6.45) is 4.27. The van der Waals surface area contributed by atoms with Crippen molar-refractivity contribution in [2.45, 2.75) is 19.9 Å². The minimum absolute atomic E-state index is 0.237. The Balaban J connectivity index is 1.95. The summed E-state index contributed by atoms with van der Waals surface area (Å²) in [5, 5.41) is 6.00. The number of anilines is 1. The van der Waals surface area contributed by atoms with Crippen LogP contribution in [0.1, 0.15) is 28.3 Å². The second-order valence-electron chi connectivity index (χ2n) is 5.00. The van der Waals surface area contributed by atoms with Gasteiger partial charge in [-0.2, -0.15) is 0 Å². The van der Waals surface area contributed by atoms with Crippen LogP contribution in [0.2, 0.25) is 0 Å². The third-order valence-corrected chi connectivity index (χ3v) is 3.08. The minimum Gasteiger partial charge on any atom is -0.385 e. The highest BCUT2D eigenvalue weighted by Gasteiger charge is 2.10. The van der Waals surface area contributed by atoms with Gasteiger partial charge in [-0.15, -0.1) is 0 Å². The van der Waals surface area contributed by atoms with Gasteiger partial charge in [-0.1, -0.05) is 6.07 Å². The van der Waals surface area contributed by atoms with E-state index in [4.69, 9.17) is 4.74 Å². The molecule has 0 radical (unpaired) electrons. The van der Waals surface area contributed by atoms with Crippen LogP contribution < -0.4 is 10.6 Å². The number of nitrogens with zero attached hydrogens (tertiary/aromatic N) is 3. The molecule has 2 rings (SSSR count). The van der Waals surface area contributed by atoms with Crippen molar-refractivity contribution >= 4 is 11.7 Å². The lowest BCUT2D eigenvalue weighted by molar-refractivity contribution is 0.0945. The molecule has 0 aliphatic heterocycles. The Kier molecular flexibility index (Phi) is 6.43. The molecule has 7 nitrogen and oxygen atoms in total. The number of aryl methyl sites for hydroxylation is 1. The Hall–Kier alpha value is -2.54. The number of ether oxygens (including phenoxy) is 1. The molecule has 2 aromatic rings. The number of nitrogens with one attached hydrogen (secondary N) is 2. The molecule has 2 aromatic heterocycles. The molecule has 0 spiro atoms. The average Bonchev–Trinajstić information content (AvgIpc) is 2.57. The first kappa shape index (κ1) is 16.8. The molecule has 7 heteroatoms. The van der Waals surface area contributed by atoms with E-state index in [2.05, 4.69) is 25.6 Å². The Labute approximate surface area is 135 Å². The number of aromatic nitrogens is 3. The smallest absolute Gasteiger partial charge is 0.270 e. The molecule has 0 atom stereocenters. The van der Waals surface area contributed by atoms with Crippen molar-refractivity contribution in [1.82, 2.24) is 20.3 Å². The van der Waals surface area contributed by atoms with Gasteiger partial charge in [0, 0.05) is 45.3 Å². The van der Waals surface area contributed by atoms with Crippen molar-refractivity contribution in [2.24, 2.45) is 0 Å². The summed E-state index contributed by atoms with van der Waals surface area (Å²) in [6, 6.07) is 5.39. The van der Waals surface area contributed by atoms with Gasteiger partial charge in [-0.3, -0.25) is 9.78 Å². The van der Waals surface area contributed by atoms with Crippen molar-refractivity contribution in [3.05, 3.63) is 47.7 Å². The third kappa shape index (κ3) is 5.63. The predicted molar refractivity (Wildman–Crippen MR) is 87.2 cm³/mol. The standard InChI is InChI=1S/C16H21N5O2/c1-12-20-14(9-15(21-12)18-7-4-8-23-2)16(22)19-11-13-5-3-6-17-10-13/h3,5-6,9-10H,4,7-8,11H2,1-2H3,(H,19,22)(H,18,20,21). The molecule has 0 bridgehead atoms. The lowest BCUT2D eigenvalue weighted by Gasteiger charge is -2.09. The van der Waals surface area contributed by atoms with Crippen LogP contribution in [-0.2, 0) is 11.3 Å². The van der Waals surface area contributed by atoms with E-state index in [9.17, 15) is 4.79 Å². The predicted octanol–water partition coefficient (Wildman–Crippen LogP) is 1.56. The normalized spacial score (nSPS) is 10.3. The summed E-state index contributed by atoms with van der Waals surface area (Å²) in [5.41, 5.74) is 1.28. The Morgan fingerprint density at radius 2 is 2.22 bits per heavy atom. The maximum atomic E-state index is 12.2. The van der Waals surface area contributed by atoms with Crippen LogP contribution in [0.25, 0.3) is 0 Å². The molecule has 0 aliphatic carbocycles. The van der Waals surface area contributed by atoms with E-state index in [0.717, 1.165) is 18.5 Å². The number of hydrogen-bond acceptors (Lipinski definition) is 6. The van der Waals surface area contributed by atoms with Gasteiger partial charge < -0.3 is 15.4 Å². The maximum absolute atomic E-state index is 12.2. The largest absolute Gasteiger partial charge is 0.385 e.